The maximum absolute atomic E-state index is 12.6. The Morgan fingerprint density at radius 1 is 1.36 bits per heavy atom. The third-order valence-electron chi connectivity index (χ3n) is 4.23. The van der Waals surface area contributed by atoms with E-state index in [1.807, 2.05) is 0 Å². The lowest BCUT2D eigenvalue weighted by Crippen LogP contribution is -2.51. The van der Waals surface area contributed by atoms with Gasteiger partial charge in [0.25, 0.3) is 5.69 Å². The van der Waals surface area contributed by atoms with Crippen LogP contribution in [0.5, 0.6) is 0 Å². The Labute approximate surface area is 159 Å². The van der Waals surface area contributed by atoms with Gasteiger partial charge in [0.2, 0.25) is 0 Å². The van der Waals surface area contributed by atoms with Crippen LogP contribution in [-0.4, -0.2) is 55.3 Å². The van der Waals surface area contributed by atoms with E-state index in [0.29, 0.717) is 15.8 Å². The summed E-state index contributed by atoms with van der Waals surface area (Å²) in [5.41, 5.74) is -4.69. The molecule has 1 saturated heterocycles. The molecule has 156 valence electrons. The quantitative estimate of drug-likeness (QED) is 0.321. The molecule has 1 aliphatic rings. The van der Waals surface area contributed by atoms with Crippen molar-refractivity contribution in [1.82, 2.24) is 14.9 Å². The van der Waals surface area contributed by atoms with E-state index in [2.05, 4.69) is 15.6 Å². The second-order valence-electron chi connectivity index (χ2n) is 6.12. The monoisotopic (exact) mass is 423 g/mol. The van der Waals surface area contributed by atoms with Crippen molar-refractivity contribution >= 4 is 21.7 Å². The number of non-ortho nitro benzene ring substituents is 1. The van der Waals surface area contributed by atoms with E-state index >= 15 is 0 Å². The van der Waals surface area contributed by atoms with E-state index in [9.17, 15) is 31.7 Å². The number of aliphatic imine (C=N–C) groups is 1. The minimum absolute atomic E-state index is 0.0412. The number of benzene rings is 1. The lowest BCUT2D eigenvalue weighted by atomic mass is 10.1. The average Bonchev–Trinajstić information content (AvgIpc) is 2.64. The first-order chi connectivity index (χ1) is 13.0. The van der Waals surface area contributed by atoms with Gasteiger partial charge < -0.3 is 10.6 Å². The van der Waals surface area contributed by atoms with Gasteiger partial charge in [-0.25, -0.2) is 8.42 Å². The predicted molar refractivity (Wildman–Crippen MR) is 96.0 cm³/mol. The van der Waals surface area contributed by atoms with Gasteiger partial charge in [0.15, 0.2) is 5.96 Å². The van der Waals surface area contributed by atoms with Crippen LogP contribution in [0, 0.1) is 10.1 Å². The fourth-order valence-corrected chi connectivity index (χ4v) is 3.72. The summed E-state index contributed by atoms with van der Waals surface area (Å²) >= 11 is 0. The molecule has 1 heterocycles. The SMILES string of the molecule is CN=C(NCc1cccc([N+](=O)[O-])c1)NC1CCN(S(=O)(=O)C(F)(F)F)CC1. The van der Waals surface area contributed by atoms with Crippen LogP contribution in [0.2, 0.25) is 0 Å². The van der Waals surface area contributed by atoms with Gasteiger partial charge in [0, 0.05) is 44.9 Å². The molecule has 9 nitrogen and oxygen atoms in total. The highest BCUT2D eigenvalue weighted by atomic mass is 32.2. The van der Waals surface area contributed by atoms with Crippen molar-refractivity contribution in [3.8, 4) is 0 Å². The van der Waals surface area contributed by atoms with Crippen molar-refractivity contribution in [2.24, 2.45) is 4.99 Å². The zero-order chi connectivity index (χ0) is 20.9. The number of nitrogens with one attached hydrogen (secondary N) is 2. The Kier molecular flexibility index (Phi) is 6.82. The molecule has 1 aromatic carbocycles. The van der Waals surface area contributed by atoms with Crippen molar-refractivity contribution in [2.75, 3.05) is 20.1 Å². The number of nitrogens with zero attached hydrogens (tertiary/aromatic N) is 3. The Morgan fingerprint density at radius 2 is 2.00 bits per heavy atom. The molecule has 2 N–H and O–H groups in total. The molecule has 0 amide bonds. The lowest BCUT2D eigenvalue weighted by Gasteiger charge is -2.32. The molecule has 28 heavy (non-hydrogen) atoms. The molecule has 0 bridgehead atoms. The first kappa shape index (κ1) is 21.9. The highest BCUT2D eigenvalue weighted by molar-refractivity contribution is 7.90. The lowest BCUT2D eigenvalue weighted by molar-refractivity contribution is -0.384. The molecule has 0 saturated carbocycles. The molecule has 1 fully saturated rings. The van der Waals surface area contributed by atoms with Gasteiger partial charge in [-0.2, -0.15) is 17.5 Å². The number of halogens is 3. The van der Waals surface area contributed by atoms with Gasteiger partial charge in [0.05, 0.1) is 4.92 Å². The van der Waals surface area contributed by atoms with Crippen LogP contribution >= 0.6 is 0 Å². The summed E-state index contributed by atoms with van der Waals surface area (Å²) in [7, 11) is -3.80. The van der Waals surface area contributed by atoms with Crippen LogP contribution in [0.1, 0.15) is 18.4 Å². The Bertz CT molecular complexity index is 836. The number of alkyl halides is 3. The molecule has 0 atom stereocenters. The topological polar surface area (TPSA) is 117 Å². The van der Waals surface area contributed by atoms with Gasteiger partial charge in [-0.05, 0) is 18.4 Å². The summed E-state index contributed by atoms with van der Waals surface area (Å²) in [6, 6.07) is 5.80. The van der Waals surface area contributed by atoms with E-state index in [1.165, 1.54) is 19.2 Å². The summed E-state index contributed by atoms with van der Waals surface area (Å²) in [5.74, 6) is 0.364. The average molecular weight is 423 g/mol. The molecule has 0 radical (unpaired) electrons. The minimum Gasteiger partial charge on any atom is -0.354 e. The first-order valence-electron chi connectivity index (χ1n) is 8.31. The number of sulfonamides is 1. The fourth-order valence-electron chi connectivity index (χ4n) is 2.74. The van der Waals surface area contributed by atoms with Gasteiger partial charge in [0.1, 0.15) is 0 Å². The summed E-state index contributed by atoms with van der Waals surface area (Å²) in [4.78, 5) is 14.3. The Morgan fingerprint density at radius 3 is 2.54 bits per heavy atom. The summed E-state index contributed by atoms with van der Waals surface area (Å²) < 4.78 is 61.1. The zero-order valence-corrected chi connectivity index (χ0v) is 15.8. The van der Waals surface area contributed by atoms with Crippen LogP contribution in [-0.2, 0) is 16.6 Å². The van der Waals surface area contributed by atoms with E-state index in [4.69, 9.17) is 0 Å². The second kappa shape index (κ2) is 8.73. The van der Waals surface area contributed by atoms with E-state index in [1.54, 1.807) is 12.1 Å². The van der Waals surface area contributed by atoms with Gasteiger partial charge in [-0.15, -0.1) is 0 Å². The zero-order valence-electron chi connectivity index (χ0n) is 14.9. The standard InChI is InChI=1S/C15H20F3N5O4S/c1-19-14(20-10-11-3-2-4-13(9-11)23(24)25)21-12-5-7-22(8-6-12)28(26,27)15(16,17)18/h2-4,9,12H,5-8,10H2,1H3,(H2,19,20,21). The number of hydrogen-bond donors (Lipinski definition) is 2. The highest BCUT2D eigenvalue weighted by Gasteiger charge is 2.50. The third kappa shape index (κ3) is 5.32. The number of piperidine rings is 1. The number of guanidine groups is 1. The normalized spacial score (nSPS) is 17.4. The van der Waals surface area contributed by atoms with E-state index in [0.717, 1.165) is 0 Å². The second-order valence-corrected chi connectivity index (χ2v) is 8.05. The predicted octanol–water partition coefficient (Wildman–Crippen LogP) is 1.57. The fraction of sp³-hybridized carbons (Fsp3) is 0.533. The molecule has 2 rings (SSSR count). The number of rotatable bonds is 5. The first-order valence-corrected chi connectivity index (χ1v) is 9.75. The number of nitro groups is 1. The molecule has 0 aromatic heterocycles. The molecule has 1 aliphatic heterocycles. The minimum atomic E-state index is -5.31. The molecule has 0 unspecified atom stereocenters. The van der Waals surface area contributed by atoms with Gasteiger partial charge in [-0.1, -0.05) is 12.1 Å². The molecule has 13 heteroatoms. The van der Waals surface area contributed by atoms with Crippen molar-refractivity contribution in [3.63, 3.8) is 0 Å². The van der Waals surface area contributed by atoms with Crippen molar-refractivity contribution < 1.29 is 26.5 Å². The largest absolute Gasteiger partial charge is 0.511 e. The van der Waals surface area contributed by atoms with Crippen molar-refractivity contribution in [3.05, 3.63) is 39.9 Å². The third-order valence-corrected chi connectivity index (χ3v) is 5.86. The summed E-state index contributed by atoms with van der Waals surface area (Å²) in [5, 5.41) is 16.8. The summed E-state index contributed by atoms with van der Waals surface area (Å²) in [6.07, 6.45) is 0.375. The Balaban J connectivity index is 1.88. The maximum atomic E-state index is 12.6. The van der Waals surface area contributed by atoms with Crippen LogP contribution < -0.4 is 10.6 Å². The maximum Gasteiger partial charge on any atom is 0.511 e. The molecular formula is C15H20F3N5O4S. The van der Waals surface area contributed by atoms with Gasteiger partial charge >= 0.3 is 15.5 Å². The Hall–Kier alpha value is -2.41. The van der Waals surface area contributed by atoms with Gasteiger partial charge in [-0.3, -0.25) is 15.1 Å². The molecular weight excluding hydrogens is 403 g/mol. The molecule has 1 aromatic rings. The van der Waals surface area contributed by atoms with Crippen LogP contribution in [0.15, 0.2) is 29.3 Å². The molecule has 0 spiro atoms. The number of hydrogen-bond acceptors (Lipinski definition) is 5. The number of nitro benzene ring substituents is 1. The van der Waals surface area contributed by atoms with Crippen molar-refractivity contribution in [2.45, 2.75) is 30.9 Å². The van der Waals surface area contributed by atoms with Crippen LogP contribution in [0.4, 0.5) is 18.9 Å². The highest BCUT2D eigenvalue weighted by Crippen LogP contribution is 2.28. The van der Waals surface area contributed by atoms with Crippen LogP contribution in [0.25, 0.3) is 0 Å². The molecule has 0 aliphatic carbocycles. The van der Waals surface area contributed by atoms with E-state index in [-0.39, 0.29) is 44.2 Å². The smallest absolute Gasteiger partial charge is 0.354 e. The summed E-state index contributed by atoms with van der Waals surface area (Å²) in [6.45, 7) is -0.245. The van der Waals surface area contributed by atoms with E-state index < -0.39 is 20.5 Å². The van der Waals surface area contributed by atoms with Crippen molar-refractivity contribution in [1.29, 1.82) is 0 Å². The van der Waals surface area contributed by atoms with Crippen LogP contribution in [0.3, 0.4) is 0 Å².